The molecule has 1 aromatic carbocycles. The molecular weight excluding hydrogens is 460 g/mol. The highest BCUT2D eigenvalue weighted by molar-refractivity contribution is 5.87. The van der Waals surface area contributed by atoms with Crippen molar-refractivity contribution in [3.8, 4) is 0 Å². The summed E-state index contributed by atoms with van der Waals surface area (Å²) >= 11 is 0. The monoisotopic (exact) mass is 502 g/mol. The van der Waals surface area contributed by atoms with Gasteiger partial charge >= 0.3 is 0 Å². The predicted octanol–water partition coefficient (Wildman–Crippen LogP) is 5.48. The molecule has 4 heterocycles. The minimum Gasteiger partial charge on any atom is -0.342 e. The SMILES string of the molecule is CC(=O)[C@@H]1CCN1c1nc2ccccc2n([C@H]2C[C@H]3CCC[C@@H](C2)N3[C@@H]2C[C@@H]3CCCC[C@@H](C3)C2)c1=O. The summed E-state index contributed by atoms with van der Waals surface area (Å²) in [6.07, 6.45) is 16.8. The molecule has 2 aliphatic carbocycles. The summed E-state index contributed by atoms with van der Waals surface area (Å²) in [4.78, 5) is 36.0. The van der Waals surface area contributed by atoms with Gasteiger partial charge in [-0.1, -0.05) is 44.2 Å². The van der Waals surface area contributed by atoms with E-state index in [1.165, 1.54) is 64.2 Å². The smallest absolute Gasteiger partial charge is 0.294 e. The van der Waals surface area contributed by atoms with Gasteiger partial charge < -0.3 is 9.47 Å². The van der Waals surface area contributed by atoms with Crippen LogP contribution in [-0.4, -0.2) is 50.9 Å². The Balaban J connectivity index is 1.22. The second-order valence-electron chi connectivity index (χ2n) is 12.9. The summed E-state index contributed by atoms with van der Waals surface area (Å²) in [5, 5.41) is 0. The van der Waals surface area contributed by atoms with Gasteiger partial charge in [-0.15, -0.1) is 0 Å². The molecule has 2 saturated carbocycles. The number of hydrogen-bond acceptors (Lipinski definition) is 5. The van der Waals surface area contributed by atoms with Gasteiger partial charge in [-0.05, 0) is 82.3 Å². The first-order valence-electron chi connectivity index (χ1n) is 15.1. The molecule has 0 spiro atoms. The third-order valence-corrected chi connectivity index (χ3v) is 10.7. The summed E-state index contributed by atoms with van der Waals surface area (Å²) in [6.45, 7) is 2.37. The molecule has 0 amide bonds. The molecule has 4 bridgehead atoms. The molecule has 2 aromatic rings. The van der Waals surface area contributed by atoms with Crippen molar-refractivity contribution in [2.75, 3.05) is 11.4 Å². The van der Waals surface area contributed by atoms with Crippen LogP contribution in [0.25, 0.3) is 11.0 Å². The molecule has 6 nitrogen and oxygen atoms in total. The maximum absolute atomic E-state index is 14.1. The number of fused-ring (bicyclic) bond motifs is 5. The Labute approximate surface area is 220 Å². The van der Waals surface area contributed by atoms with Crippen LogP contribution in [0, 0.1) is 11.8 Å². The van der Waals surface area contributed by atoms with E-state index in [0.717, 1.165) is 54.7 Å². The van der Waals surface area contributed by atoms with Crippen molar-refractivity contribution in [3.63, 3.8) is 0 Å². The second-order valence-corrected chi connectivity index (χ2v) is 12.9. The molecule has 37 heavy (non-hydrogen) atoms. The first-order valence-corrected chi connectivity index (χ1v) is 15.1. The standard InChI is InChI=1S/C31H42N4O2/c1-20(36)28-13-14-33(28)30-31(37)35(29-12-5-4-11-27(29)32-30)26-18-23-9-6-10-24(19-26)34(23)25-16-21-7-2-3-8-22(15-21)17-25/h4-5,11-12,21-26,28H,2-3,6-10,13-19H2,1H3/t21-,22+,23-,24+,25-,26+,28-/m0/s1. The van der Waals surface area contributed by atoms with Gasteiger partial charge in [-0.25, -0.2) is 4.98 Å². The molecule has 5 fully saturated rings. The largest absolute Gasteiger partial charge is 0.342 e. The number of aromatic nitrogens is 2. The molecule has 0 unspecified atom stereocenters. The van der Waals surface area contributed by atoms with Crippen LogP contribution in [0.2, 0.25) is 0 Å². The molecule has 198 valence electrons. The van der Waals surface area contributed by atoms with Crippen molar-refractivity contribution in [2.24, 2.45) is 11.8 Å². The summed E-state index contributed by atoms with van der Waals surface area (Å²) in [5.41, 5.74) is 1.83. The Morgan fingerprint density at radius 2 is 1.51 bits per heavy atom. The Hall–Kier alpha value is -2.21. The lowest BCUT2D eigenvalue weighted by atomic mass is 9.73. The third-order valence-electron chi connectivity index (χ3n) is 10.7. The molecule has 5 aliphatic rings. The number of hydrogen-bond donors (Lipinski definition) is 0. The number of anilines is 1. The van der Waals surface area contributed by atoms with E-state index in [1.54, 1.807) is 6.92 Å². The fourth-order valence-corrected chi connectivity index (χ4v) is 9.06. The Bertz CT molecular complexity index is 1210. The molecule has 0 radical (unpaired) electrons. The Morgan fingerprint density at radius 1 is 0.811 bits per heavy atom. The lowest BCUT2D eigenvalue weighted by Crippen LogP contribution is -2.59. The number of nitrogens with zero attached hydrogens (tertiary/aromatic N) is 4. The molecule has 1 aromatic heterocycles. The van der Waals surface area contributed by atoms with Crippen LogP contribution in [0.1, 0.15) is 96.4 Å². The molecule has 3 saturated heterocycles. The fraction of sp³-hybridized carbons (Fsp3) is 0.710. The maximum Gasteiger partial charge on any atom is 0.294 e. The van der Waals surface area contributed by atoms with E-state index in [-0.39, 0.29) is 23.4 Å². The number of carbonyl (C=O) groups excluding carboxylic acids is 1. The van der Waals surface area contributed by atoms with Gasteiger partial charge in [0, 0.05) is 30.7 Å². The van der Waals surface area contributed by atoms with Crippen LogP contribution in [0.15, 0.2) is 29.1 Å². The van der Waals surface area contributed by atoms with Gasteiger partial charge in [0.2, 0.25) is 0 Å². The van der Waals surface area contributed by atoms with Crippen LogP contribution >= 0.6 is 0 Å². The number of ketones is 1. The molecular formula is C31H42N4O2. The van der Waals surface area contributed by atoms with E-state index in [0.29, 0.717) is 17.9 Å². The quantitative estimate of drug-likeness (QED) is 0.554. The Kier molecular flexibility index (Phi) is 6.14. The van der Waals surface area contributed by atoms with Crippen LogP contribution in [-0.2, 0) is 4.79 Å². The topological polar surface area (TPSA) is 58.4 Å². The highest BCUT2D eigenvalue weighted by Crippen LogP contribution is 2.47. The van der Waals surface area contributed by atoms with Gasteiger partial charge in [0.1, 0.15) is 0 Å². The average molecular weight is 503 g/mol. The number of carbonyl (C=O) groups is 1. The van der Waals surface area contributed by atoms with Gasteiger partial charge in [0.25, 0.3) is 5.56 Å². The predicted molar refractivity (Wildman–Crippen MR) is 147 cm³/mol. The van der Waals surface area contributed by atoms with Gasteiger partial charge in [0.15, 0.2) is 11.6 Å². The molecule has 0 N–H and O–H groups in total. The fourth-order valence-electron chi connectivity index (χ4n) is 9.06. The van der Waals surface area contributed by atoms with E-state index in [9.17, 15) is 9.59 Å². The van der Waals surface area contributed by atoms with Crippen molar-refractivity contribution < 1.29 is 4.79 Å². The van der Waals surface area contributed by atoms with E-state index >= 15 is 0 Å². The molecule has 7 atom stereocenters. The number of rotatable bonds is 4. The molecule has 6 heteroatoms. The summed E-state index contributed by atoms with van der Waals surface area (Å²) in [7, 11) is 0. The second kappa shape index (κ2) is 9.52. The van der Waals surface area contributed by atoms with Crippen LogP contribution in [0.5, 0.6) is 0 Å². The van der Waals surface area contributed by atoms with E-state index in [4.69, 9.17) is 4.98 Å². The summed E-state index contributed by atoms with van der Waals surface area (Å²) in [6, 6.07) is 10.0. The number of piperidine rings is 2. The number of Topliss-reactive ketones (excluding diaryl/α,β-unsaturated/α-hetero) is 1. The number of benzene rings is 1. The first kappa shape index (κ1) is 23.9. The van der Waals surface area contributed by atoms with Crippen LogP contribution in [0.3, 0.4) is 0 Å². The van der Waals surface area contributed by atoms with E-state index in [1.807, 2.05) is 23.1 Å². The highest BCUT2D eigenvalue weighted by Gasteiger charge is 2.45. The van der Waals surface area contributed by atoms with Crippen molar-refractivity contribution in [1.29, 1.82) is 0 Å². The van der Waals surface area contributed by atoms with Crippen molar-refractivity contribution in [3.05, 3.63) is 34.6 Å². The summed E-state index contributed by atoms with van der Waals surface area (Å²) < 4.78 is 2.09. The zero-order valence-electron chi connectivity index (χ0n) is 22.4. The lowest BCUT2D eigenvalue weighted by Gasteiger charge is -2.54. The summed E-state index contributed by atoms with van der Waals surface area (Å²) in [5.74, 6) is 2.48. The van der Waals surface area contributed by atoms with Crippen molar-refractivity contribution in [2.45, 2.75) is 121 Å². The normalized spacial score (nSPS) is 36.1. The molecule has 3 aliphatic heterocycles. The average Bonchev–Trinajstić information content (AvgIpc) is 3.02. The van der Waals surface area contributed by atoms with Gasteiger partial charge in [-0.2, -0.15) is 0 Å². The minimum absolute atomic E-state index is 0.00450. The maximum atomic E-state index is 14.1. The van der Waals surface area contributed by atoms with E-state index < -0.39 is 0 Å². The third kappa shape index (κ3) is 4.14. The number of para-hydroxylation sites is 2. The zero-order valence-corrected chi connectivity index (χ0v) is 22.4. The van der Waals surface area contributed by atoms with E-state index in [2.05, 4.69) is 15.5 Å². The zero-order chi connectivity index (χ0) is 25.1. The van der Waals surface area contributed by atoms with Gasteiger partial charge in [-0.3, -0.25) is 14.5 Å². The van der Waals surface area contributed by atoms with Crippen molar-refractivity contribution in [1.82, 2.24) is 14.5 Å². The van der Waals surface area contributed by atoms with Gasteiger partial charge in [0.05, 0.1) is 17.1 Å². The Morgan fingerprint density at radius 3 is 2.16 bits per heavy atom. The first-order chi connectivity index (χ1) is 18.1. The lowest BCUT2D eigenvalue weighted by molar-refractivity contribution is -0.119. The van der Waals surface area contributed by atoms with Crippen molar-refractivity contribution >= 4 is 22.6 Å². The molecule has 7 rings (SSSR count). The highest BCUT2D eigenvalue weighted by atomic mass is 16.1. The minimum atomic E-state index is -0.203. The van der Waals surface area contributed by atoms with Crippen LogP contribution in [0.4, 0.5) is 5.82 Å². The van der Waals surface area contributed by atoms with Crippen LogP contribution < -0.4 is 10.5 Å².